The molecule has 0 aliphatic heterocycles. The van der Waals surface area contributed by atoms with Gasteiger partial charge in [0, 0.05) is 10.9 Å². The van der Waals surface area contributed by atoms with Gasteiger partial charge in [0.15, 0.2) is 0 Å². The molecule has 8 heteroatoms. The molecule has 0 saturated heterocycles. The van der Waals surface area contributed by atoms with E-state index >= 15 is 0 Å². The number of aromatic nitrogens is 2. The van der Waals surface area contributed by atoms with Gasteiger partial charge in [-0.1, -0.05) is 47.1 Å². The average molecular weight is 520 g/mol. The first-order chi connectivity index (χ1) is 16.4. The SMILES string of the molecule is CCCc1nc2ccc(Br)cc2c(=O)n1N=Cc1cccc(OCc2cccc(C(=O)O)c2)c1. The van der Waals surface area contributed by atoms with E-state index in [1.807, 2.05) is 43.3 Å². The maximum atomic E-state index is 13.1. The van der Waals surface area contributed by atoms with Crippen LogP contribution in [0.4, 0.5) is 0 Å². The molecule has 34 heavy (non-hydrogen) atoms. The molecule has 3 aromatic carbocycles. The Morgan fingerprint density at radius 3 is 2.76 bits per heavy atom. The molecule has 1 aromatic heterocycles. The Hall–Kier alpha value is -3.78. The van der Waals surface area contributed by atoms with Gasteiger partial charge in [0.2, 0.25) is 0 Å². The van der Waals surface area contributed by atoms with Crippen molar-refractivity contribution in [2.24, 2.45) is 5.10 Å². The maximum Gasteiger partial charge on any atom is 0.335 e. The molecule has 1 N–H and O–H groups in total. The lowest BCUT2D eigenvalue weighted by Crippen LogP contribution is -2.22. The van der Waals surface area contributed by atoms with E-state index in [0.29, 0.717) is 28.9 Å². The smallest absolute Gasteiger partial charge is 0.335 e. The van der Waals surface area contributed by atoms with Crippen molar-refractivity contribution in [2.45, 2.75) is 26.4 Å². The van der Waals surface area contributed by atoms with Crippen LogP contribution in [0.1, 0.15) is 40.7 Å². The molecular weight excluding hydrogens is 498 g/mol. The number of benzene rings is 3. The fourth-order valence-corrected chi connectivity index (χ4v) is 3.83. The van der Waals surface area contributed by atoms with Crippen molar-refractivity contribution in [3.05, 3.63) is 104 Å². The number of carbonyl (C=O) groups is 1. The molecule has 0 spiro atoms. The zero-order valence-corrected chi connectivity index (χ0v) is 20.0. The Kier molecular flexibility index (Phi) is 7.18. The third kappa shape index (κ3) is 5.40. The molecule has 0 radical (unpaired) electrons. The second-order valence-corrected chi connectivity index (χ2v) is 8.58. The third-order valence-corrected chi connectivity index (χ3v) is 5.60. The van der Waals surface area contributed by atoms with Gasteiger partial charge in [-0.15, -0.1) is 0 Å². The van der Waals surface area contributed by atoms with E-state index < -0.39 is 5.97 Å². The van der Waals surface area contributed by atoms with Gasteiger partial charge < -0.3 is 9.84 Å². The number of fused-ring (bicyclic) bond motifs is 1. The normalized spacial score (nSPS) is 11.2. The predicted molar refractivity (Wildman–Crippen MR) is 135 cm³/mol. The average Bonchev–Trinajstić information content (AvgIpc) is 2.84. The number of carboxylic acid groups (broad SMARTS) is 1. The minimum absolute atomic E-state index is 0.214. The van der Waals surface area contributed by atoms with Gasteiger partial charge in [-0.25, -0.2) is 9.78 Å². The summed E-state index contributed by atoms with van der Waals surface area (Å²) in [6, 6.07) is 19.4. The van der Waals surface area contributed by atoms with Gasteiger partial charge in [-0.2, -0.15) is 9.78 Å². The summed E-state index contributed by atoms with van der Waals surface area (Å²) in [7, 11) is 0. The number of halogens is 1. The fraction of sp³-hybridized carbons (Fsp3) is 0.154. The first-order valence-corrected chi connectivity index (χ1v) is 11.5. The van der Waals surface area contributed by atoms with Crippen LogP contribution >= 0.6 is 15.9 Å². The Morgan fingerprint density at radius 2 is 1.97 bits per heavy atom. The highest BCUT2D eigenvalue weighted by molar-refractivity contribution is 9.10. The van der Waals surface area contributed by atoms with Gasteiger partial charge in [-0.3, -0.25) is 4.79 Å². The summed E-state index contributed by atoms with van der Waals surface area (Å²) in [4.78, 5) is 28.9. The van der Waals surface area contributed by atoms with Crippen molar-refractivity contribution >= 4 is 39.0 Å². The van der Waals surface area contributed by atoms with Gasteiger partial charge in [0.1, 0.15) is 18.2 Å². The number of hydrogen-bond donors (Lipinski definition) is 1. The molecule has 0 bridgehead atoms. The number of hydrogen-bond acceptors (Lipinski definition) is 5. The Balaban J connectivity index is 1.58. The van der Waals surface area contributed by atoms with Crippen molar-refractivity contribution < 1.29 is 14.6 Å². The van der Waals surface area contributed by atoms with Crippen LogP contribution in [-0.4, -0.2) is 27.0 Å². The van der Waals surface area contributed by atoms with Gasteiger partial charge in [0.05, 0.1) is 22.7 Å². The van der Waals surface area contributed by atoms with Crippen LogP contribution in [0.2, 0.25) is 0 Å². The second kappa shape index (κ2) is 10.4. The summed E-state index contributed by atoms with van der Waals surface area (Å²) in [6.07, 6.45) is 3.05. The molecule has 0 aliphatic carbocycles. The fourth-order valence-electron chi connectivity index (χ4n) is 3.47. The zero-order valence-electron chi connectivity index (χ0n) is 18.4. The predicted octanol–water partition coefficient (Wildman–Crippen LogP) is 5.27. The Bertz CT molecular complexity index is 1450. The standard InChI is InChI=1S/C26H22BrN3O4/c1-2-5-24-29-23-11-10-20(27)14-22(23)25(31)30(24)28-15-17-6-4-9-21(13-17)34-16-18-7-3-8-19(12-18)26(32)33/h3-4,6-15H,2,5,16H2,1H3,(H,32,33). The molecule has 0 unspecified atom stereocenters. The number of aryl methyl sites for hydroxylation is 1. The molecule has 4 aromatic rings. The molecule has 7 nitrogen and oxygen atoms in total. The van der Waals surface area contributed by atoms with Crippen LogP contribution in [0, 0.1) is 0 Å². The summed E-state index contributed by atoms with van der Waals surface area (Å²) in [5.41, 5.74) is 2.14. The van der Waals surface area contributed by atoms with Crippen LogP contribution < -0.4 is 10.3 Å². The first kappa shape index (κ1) is 23.4. The van der Waals surface area contributed by atoms with Gasteiger partial charge >= 0.3 is 5.97 Å². The lowest BCUT2D eigenvalue weighted by atomic mass is 10.1. The van der Waals surface area contributed by atoms with Crippen molar-refractivity contribution in [3.63, 3.8) is 0 Å². The topological polar surface area (TPSA) is 93.8 Å². The minimum Gasteiger partial charge on any atom is -0.489 e. The summed E-state index contributed by atoms with van der Waals surface area (Å²) in [6.45, 7) is 2.25. The van der Waals surface area contributed by atoms with Crippen LogP contribution in [0.5, 0.6) is 5.75 Å². The van der Waals surface area contributed by atoms with E-state index in [9.17, 15) is 9.59 Å². The molecule has 0 amide bonds. The van der Waals surface area contributed by atoms with E-state index in [0.717, 1.165) is 22.0 Å². The highest BCUT2D eigenvalue weighted by atomic mass is 79.9. The Labute approximate surface area is 204 Å². The monoisotopic (exact) mass is 519 g/mol. The van der Waals surface area contributed by atoms with Crippen molar-refractivity contribution in [3.8, 4) is 5.75 Å². The van der Waals surface area contributed by atoms with Crippen LogP contribution in [0.25, 0.3) is 10.9 Å². The summed E-state index contributed by atoms with van der Waals surface area (Å²) in [5, 5.41) is 14.1. The molecule has 172 valence electrons. The molecular formula is C26H22BrN3O4. The maximum absolute atomic E-state index is 13.1. The van der Waals surface area contributed by atoms with E-state index in [-0.39, 0.29) is 17.7 Å². The first-order valence-electron chi connectivity index (χ1n) is 10.7. The number of aromatic carboxylic acids is 1. The Morgan fingerprint density at radius 1 is 1.15 bits per heavy atom. The molecule has 0 atom stereocenters. The second-order valence-electron chi connectivity index (χ2n) is 7.67. The number of nitrogens with zero attached hydrogens (tertiary/aromatic N) is 3. The van der Waals surface area contributed by atoms with E-state index in [1.165, 1.54) is 10.7 Å². The van der Waals surface area contributed by atoms with E-state index in [2.05, 4.69) is 26.0 Å². The van der Waals surface area contributed by atoms with Gasteiger partial charge in [0.25, 0.3) is 5.56 Å². The molecule has 1 heterocycles. The van der Waals surface area contributed by atoms with Crippen molar-refractivity contribution in [1.29, 1.82) is 0 Å². The summed E-state index contributed by atoms with van der Waals surface area (Å²) >= 11 is 3.41. The van der Waals surface area contributed by atoms with E-state index in [1.54, 1.807) is 30.5 Å². The zero-order chi connectivity index (χ0) is 24.1. The largest absolute Gasteiger partial charge is 0.489 e. The number of ether oxygens (including phenoxy) is 1. The van der Waals surface area contributed by atoms with E-state index in [4.69, 9.17) is 9.84 Å². The highest BCUT2D eigenvalue weighted by Crippen LogP contribution is 2.17. The van der Waals surface area contributed by atoms with Crippen LogP contribution in [-0.2, 0) is 13.0 Å². The molecule has 0 aliphatic rings. The minimum atomic E-state index is -0.978. The molecule has 0 saturated carbocycles. The lowest BCUT2D eigenvalue weighted by molar-refractivity contribution is 0.0696. The van der Waals surface area contributed by atoms with Crippen LogP contribution in [0.3, 0.4) is 0 Å². The quantitative estimate of drug-likeness (QED) is 0.320. The summed E-state index contributed by atoms with van der Waals surface area (Å²) in [5.74, 6) is 0.226. The van der Waals surface area contributed by atoms with Gasteiger partial charge in [-0.05, 0) is 60.0 Å². The van der Waals surface area contributed by atoms with Crippen LogP contribution in [0.15, 0.2) is 81.1 Å². The number of carboxylic acids is 1. The molecule has 0 fully saturated rings. The summed E-state index contributed by atoms with van der Waals surface area (Å²) < 4.78 is 7.99. The third-order valence-electron chi connectivity index (χ3n) is 5.11. The van der Waals surface area contributed by atoms with Crippen molar-refractivity contribution in [1.82, 2.24) is 9.66 Å². The molecule has 4 rings (SSSR count). The lowest BCUT2D eigenvalue weighted by Gasteiger charge is -2.09. The number of rotatable bonds is 8. The van der Waals surface area contributed by atoms with Crippen molar-refractivity contribution in [2.75, 3.05) is 0 Å². The highest BCUT2D eigenvalue weighted by Gasteiger charge is 2.10.